The van der Waals surface area contributed by atoms with Gasteiger partial charge in [-0.25, -0.2) is 0 Å². The molecule has 6 nitrogen and oxygen atoms in total. The highest BCUT2D eigenvalue weighted by Crippen LogP contribution is 2.39. The van der Waals surface area contributed by atoms with E-state index in [9.17, 15) is 9.90 Å². The SMILES string of the molecule is CN1CCN([C@@H]2C[C@@H]3CN(C(=O)c4ccc5cc[nH]c5c4)C[C@@H]3C[C@H]2O)CC1. The number of aliphatic hydroxyl groups is 1. The second-order valence-electron chi connectivity index (χ2n) is 8.96. The van der Waals surface area contributed by atoms with Crippen molar-refractivity contribution in [1.29, 1.82) is 0 Å². The third-order valence-electron chi connectivity index (χ3n) is 7.21. The lowest BCUT2D eigenvalue weighted by Crippen LogP contribution is -2.55. The molecule has 1 aromatic carbocycles. The minimum atomic E-state index is -0.269. The minimum Gasteiger partial charge on any atom is -0.391 e. The third kappa shape index (κ3) is 3.23. The summed E-state index contributed by atoms with van der Waals surface area (Å²) >= 11 is 0. The number of nitrogens with zero attached hydrogens (tertiary/aromatic N) is 3. The van der Waals surface area contributed by atoms with Gasteiger partial charge in [0.15, 0.2) is 0 Å². The first kappa shape index (κ1) is 18.2. The number of likely N-dealkylation sites (N-methyl/N-ethyl adjacent to an activating group) is 1. The van der Waals surface area contributed by atoms with Crippen LogP contribution in [0.3, 0.4) is 0 Å². The summed E-state index contributed by atoms with van der Waals surface area (Å²) in [7, 11) is 2.16. The van der Waals surface area contributed by atoms with Crippen LogP contribution >= 0.6 is 0 Å². The van der Waals surface area contributed by atoms with Crippen molar-refractivity contribution in [2.45, 2.75) is 25.0 Å². The predicted molar refractivity (Wildman–Crippen MR) is 109 cm³/mol. The third-order valence-corrected chi connectivity index (χ3v) is 7.21. The summed E-state index contributed by atoms with van der Waals surface area (Å²) in [6.45, 7) is 5.82. The number of piperazine rings is 1. The first-order chi connectivity index (χ1) is 13.6. The van der Waals surface area contributed by atoms with Crippen molar-refractivity contribution in [3.8, 4) is 0 Å². The average molecular weight is 383 g/mol. The highest BCUT2D eigenvalue weighted by atomic mass is 16.3. The summed E-state index contributed by atoms with van der Waals surface area (Å²) < 4.78 is 0. The standard InChI is InChI=1S/C22H30N4O2/c1-24-6-8-25(9-7-24)20-11-17-13-26(14-18(17)12-21(20)27)22(28)16-3-2-15-4-5-23-19(15)10-16/h2-5,10,17-18,20-21,23,27H,6-9,11-14H2,1H3/t17-,18+,20-,21-/m1/s1. The number of rotatable bonds is 2. The molecule has 1 aliphatic carbocycles. The Hall–Kier alpha value is -1.89. The first-order valence-corrected chi connectivity index (χ1v) is 10.6. The van der Waals surface area contributed by atoms with Crippen LogP contribution in [-0.2, 0) is 0 Å². The van der Waals surface area contributed by atoms with Crippen LogP contribution in [0.4, 0.5) is 0 Å². The number of nitrogens with one attached hydrogen (secondary N) is 1. The zero-order chi connectivity index (χ0) is 19.3. The lowest BCUT2D eigenvalue weighted by atomic mass is 9.77. The maximum atomic E-state index is 13.1. The molecule has 3 fully saturated rings. The number of carbonyl (C=O) groups excluding carboxylic acids is 1. The van der Waals surface area contributed by atoms with Gasteiger partial charge in [0.2, 0.25) is 0 Å². The van der Waals surface area contributed by atoms with E-state index in [1.807, 2.05) is 35.4 Å². The van der Waals surface area contributed by atoms with E-state index >= 15 is 0 Å². The number of carbonyl (C=O) groups is 1. The monoisotopic (exact) mass is 382 g/mol. The van der Waals surface area contributed by atoms with Crippen molar-refractivity contribution in [2.24, 2.45) is 11.8 Å². The van der Waals surface area contributed by atoms with Crippen LogP contribution in [0.2, 0.25) is 0 Å². The number of benzene rings is 1. The van der Waals surface area contributed by atoms with Gasteiger partial charge in [-0.1, -0.05) is 6.07 Å². The summed E-state index contributed by atoms with van der Waals surface area (Å²) in [6, 6.07) is 8.17. The lowest BCUT2D eigenvalue weighted by molar-refractivity contribution is -0.0249. The molecule has 2 saturated heterocycles. The van der Waals surface area contributed by atoms with Crippen LogP contribution in [0, 0.1) is 11.8 Å². The second kappa shape index (κ2) is 7.17. The molecule has 2 aromatic rings. The largest absolute Gasteiger partial charge is 0.391 e. The molecule has 28 heavy (non-hydrogen) atoms. The van der Waals surface area contributed by atoms with Gasteiger partial charge in [-0.2, -0.15) is 0 Å². The Kier molecular flexibility index (Phi) is 4.65. The number of H-pyrrole nitrogens is 1. The Morgan fingerprint density at radius 1 is 1.07 bits per heavy atom. The fraction of sp³-hybridized carbons (Fsp3) is 0.591. The average Bonchev–Trinajstić information content (AvgIpc) is 3.33. The Bertz CT molecular complexity index is 857. The van der Waals surface area contributed by atoms with E-state index in [1.54, 1.807) is 0 Å². The van der Waals surface area contributed by atoms with E-state index in [-0.39, 0.29) is 18.1 Å². The summed E-state index contributed by atoms with van der Waals surface area (Å²) in [5.74, 6) is 1.06. The van der Waals surface area contributed by atoms with Crippen molar-refractivity contribution in [1.82, 2.24) is 19.7 Å². The van der Waals surface area contributed by atoms with Crippen molar-refractivity contribution in [3.63, 3.8) is 0 Å². The molecule has 0 spiro atoms. The molecule has 2 aliphatic heterocycles. The molecule has 3 heterocycles. The molecule has 6 heteroatoms. The van der Waals surface area contributed by atoms with Gasteiger partial charge in [0.1, 0.15) is 0 Å². The number of aromatic amines is 1. The zero-order valence-electron chi connectivity index (χ0n) is 16.6. The van der Waals surface area contributed by atoms with Crippen LogP contribution in [-0.4, -0.2) is 89.2 Å². The van der Waals surface area contributed by atoms with Crippen molar-refractivity contribution < 1.29 is 9.90 Å². The lowest BCUT2D eigenvalue weighted by Gasteiger charge is -2.44. The molecule has 4 atom stereocenters. The van der Waals surface area contributed by atoms with Crippen LogP contribution in [0.5, 0.6) is 0 Å². The topological polar surface area (TPSA) is 62.8 Å². The van der Waals surface area contributed by atoms with E-state index < -0.39 is 0 Å². The van der Waals surface area contributed by atoms with Crippen molar-refractivity contribution in [2.75, 3.05) is 46.3 Å². The van der Waals surface area contributed by atoms with Crippen molar-refractivity contribution in [3.05, 3.63) is 36.0 Å². The number of aliphatic hydroxyl groups excluding tert-OH is 1. The van der Waals surface area contributed by atoms with E-state index in [0.29, 0.717) is 11.8 Å². The van der Waals surface area contributed by atoms with Gasteiger partial charge in [-0.15, -0.1) is 0 Å². The number of fused-ring (bicyclic) bond motifs is 2. The highest BCUT2D eigenvalue weighted by Gasteiger charge is 2.44. The summed E-state index contributed by atoms with van der Waals surface area (Å²) in [6.07, 6.45) is 3.47. The summed E-state index contributed by atoms with van der Waals surface area (Å²) in [5.41, 5.74) is 1.76. The van der Waals surface area contributed by atoms with Crippen LogP contribution < -0.4 is 0 Å². The van der Waals surface area contributed by atoms with Gasteiger partial charge in [0, 0.05) is 62.6 Å². The Morgan fingerprint density at radius 2 is 1.82 bits per heavy atom. The maximum absolute atomic E-state index is 13.1. The van der Waals surface area contributed by atoms with Crippen LogP contribution in [0.15, 0.2) is 30.5 Å². The summed E-state index contributed by atoms with van der Waals surface area (Å²) in [5, 5.41) is 11.9. The normalized spacial score (nSPS) is 32.0. The van der Waals surface area contributed by atoms with Gasteiger partial charge in [0.05, 0.1) is 6.10 Å². The van der Waals surface area contributed by atoms with E-state index in [0.717, 1.165) is 68.6 Å². The molecule has 0 radical (unpaired) electrons. The van der Waals surface area contributed by atoms with E-state index in [2.05, 4.69) is 21.8 Å². The highest BCUT2D eigenvalue weighted by molar-refractivity contribution is 5.98. The fourth-order valence-electron chi connectivity index (χ4n) is 5.48. The van der Waals surface area contributed by atoms with E-state index in [1.165, 1.54) is 0 Å². The maximum Gasteiger partial charge on any atom is 0.253 e. The van der Waals surface area contributed by atoms with Gasteiger partial charge >= 0.3 is 0 Å². The van der Waals surface area contributed by atoms with Crippen molar-refractivity contribution >= 4 is 16.8 Å². The fourth-order valence-corrected chi connectivity index (χ4v) is 5.48. The quantitative estimate of drug-likeness (QED) is 0.829. The van der Waals surface area contributed by atoms with E-state index in [4.69, 9.17) is 0 Å². The van der Waals surface area contributed by atoms with Crippen LogP contribution in [0.25, 0.3) is 10.9 Å². The second-order valence-corrected chi connectivity index (χ2v) is 8.96. The zero-order valence-corrected chi connectivity index (χ0v) is 16.6. The molecule has 5 rings (SSSR count). The molecule has 0 unspecified atom stereocenters. The molecule has 150 valence electrons. The molecule has 2 N–H and O–H groups in total. The Balaban J connectivity index is 1.27. The number of likely N-dealkylation sites (tertiary alicyclic amines) is 1. The molecule has 1 amide bonds. The number of hydrogen-bond acceptors (Lipinski definition) is 4. The summed E-state index contributed by atoms with van der Waals surface area (Å²) in [4.78, 5) is 23.1. The molecular formula is C22H30N4O2. The number of hydrogen-bond donors (Lipinski definition) is 2. The molecular weight excluding hydrogens is 352 g/mol. The van der Waals surface area contributed by atoms with Gasteiger partial charge in [-0.3, -0.25) is 9.69 Å². The number of aromatic nitrogens is 1. The minimum absolute atomic E-state index is 0.122. The van der Waals surface area contributed by atoms with Gasteiger partial charge in [0.25, 0.3) is 5.91 Å². The Morgan fingerprint density at radius 3 is 2.61 bits per heavy atom. The Labute approximate surface area is 166 Å². The van der Waals surface area contributed by atoms with Gasteiger partial charge in [-0.05, 0) is 55.3 Å². The molecule has 1 aromatic heterocycles. The smallest absolute Gasteiger partial charge is 0.253 e. The number of amides is 1. The van der Waals surface area contributed by atoms with Crippen LogP contribution in [0.1, 0.15) is 23.2 Å². The predicted octanol–water partition coefficient (Wildman–Crippen LogP) is 1.63. The van der Waals surface area contributed by atoms with Gasteiger partial charge < -0.3 is 19.9 Å². The molecule has 0 bridgehead atoms. The molecule has 3 aliphatic rings. The molecule has 1 saturated carbocycles. The first-order valence-electron chi connectivity index (χ1n) is 10.6.